The number of amides is 1. The molecule has 0 unspecified atom stereocenters. The number of carbonyl (C=O) groups is 2. The number of nitrogens with one attached hydrogen (secondary N) is 1. The van der Waals surface area contributed by atoms with Crippen LogP contribution < -0.4 is 10.1 Å². The van der Waals surface area contributed by atoms with E-state index in [2.05, 4.69) is 5.32 Å². The van der Waals surface area contributed by atoms with E-state index in [4.69, 9.17) is 51.1 Å². The molecule has 2 N–H and O–H groups in total. The second-order valence-corrected chi connectivity index (χ2v) is 10.6. The minimum Gasteiger partial charge on any atom is -0.482 e. The molecule has 0 saturated carbocycles. The fourth-order valence-corrected chi connectivity index (χ4v) is 5.29. The molecule has 1 aliphatic heterocycles. The first-order chi connectivity index (χ1) is 17.4. The predicted molar refractivity (Wildman–Crippen MR) is 145 cm³/mol. The largest absolute Gasteiger partial charge is 0.482 e. The van der Waals surface area contributed by atoms with Crippen LogP contribution in [0.15, 0.2) is 48.5 Å². The molecule has 0 radical (unpaired) electrons. The Labute approximate surface area is 232 Å². The molecule has 1 heterocycles. The summed E-state index contributed by atoms with van der Waals surface area (Å²) in [6.45, 7) is 3.70. The van der Waals surface area contributed by atoms with Gasteiger partial charge in [0.1, 0.15) is 23.2 Å². The lowest BCUT2D eigenvalue weighted by Crippen LogP contribution is -2.42. The first kappa shape index (κ1) is 27.3. The van der Waals surface area contributed by atoms with Crippen LogP contribution in [0.5, 0.6) is 5.75 Å². The lowest BCUT2D eigenvalue weighted by atomic mass is 9.90. The normalized spacial score (nSPS) is 14.5. The Kier molecular flexibility index (Phi) is 7.77. The Morgan fingerprint density at radius 1 is 1.03 bits per heavy atom. The van der Waals surface area contributed by atoms with Crippen molar-refractivity contribution in [3.8, 4) is 16.9 Å². The first-order valence-corrected chi connectivity index (χ1v) is 12.6. The molecule has 1 aliphatic rings. The van der Waals surface area contributed by atoms with Gasteiger partial charge in [-0.15, -0.1) is 0 Å². The Morgan fingerprint density at radius 3 is 2.24 bits per heavy atom. The van der Waals surface area contributed by atoms with Crippen LogP contribution in [-0.2, 0) is 11.2 Å². The smallest absolute Gasteiger partial charge is 0.326 e. The highest BCUT2D eigenvalue weighted by molar-refractivity contribution is 6.40. The van der Waals surface area contributed by atoms with E-state index in [9.17, 15) is 19.1 Å². The Hall–Kier alpha value is -2.77. The molecule has 1 atom stereocenters. The molecular weight excluding hydrogens is 563 g/mol. The maximum atomic E-state index is 13.8. The minimum absolute atomic E-state index is 0.0139. The third-order valence-electron chi connectivity index (χ3n) is 5.80. The van der Waals surface area contributed by atoms with Gasteiger partial charge in [-0.3, -0.25) is 4.79 Å². The molecule has 192 valence electrons. The third-order valence-corrected chi connectivity index (χ3v) is 7.02. The topological polar surface area (TPSA) is 75.6 Å². The molecule has 1 amide bonds. The molecule has 0 fully saturated rings. The summed E-state index contributed by atoms with van der Waals surface area (Å²) in [6.07, 6.45) is 3.56. The van der Waals surface area contributed by atoms with Gasteiger partial charge in [-0.25, -0.2) is 9.18 Å². The van der Waals surface area contributed by atoms with Gasteiger partial charge in [-0.05, 0) is 49.8 Å². The molecule has 37 heavy (non-hydrogen) atoms. The number of halogens is 5. The highest BCUT2D eigenvalue weighted by Gasteiger charge is 2.30. The molecule has 0 bridgehead atoms. The summed E-state index contributed by atoms with van der Waals surface area (Å²) in [5.41, 5.74) is 1.36. The average Bonchev–Trinajstić information content (AvgIpc) is 2.78. The molecule has 0 aliphatic carbocycles. The quantitative estimate of drug-likeness (QED) is 0.312. The molecule has 3 aromatic rings. The van der Waals surface area contributed by atoms with Gasteiger partial charge in [-0.1, -0.05) is 70.7 Å². The van der Waals surface area contributed by atoms with E-state index in [1.165, 1.54) is 12.1 Å². The summed E-state index contributed by atoms with van der Waals surface area (Å²) in [5, 5.41) is 12.8. The molecular formula is C27H20Cl4FNO4. The summed E-state index contributed by atoms with van der Waals surface area (Å²) in [5.74, 6) is -2.14. The molecule has 0 saturated heterocycles. The van der Waals surface area contributed by atoms with E-state index in [0.717, 1.165) is 12.1 Å². The average molecular weight is 583 g/mol. The van der Waals surface area contributed by atoms with Crippen molar-refractivity contribution in [3.63, 3.8) is 0 Å². The fourth-order valence-electron chi connectivity index (χ4n) is 4.05. The summed E-state index contributed by atoms with van der Waals surface area (Å²) in [4.78, 5) is 25.0. The van der Waals surface area contributed by atoms with Crippen molar-refractivity contribution in [1.29, 1.82) is 0 Å². The zero-order valence-corrected chi connectivity index (χ0v) is 22.6. The van der Waals surface area contributed by atoms with E-state index in [1.54, 1.807) is 18.2 Å². The molecule has 10 heteroatoms. The third kappa shape index (κ3) is 5.73. The van der Waals surface area contributed by atoms with Crippen LogP contribution in [0.4, 0.5) is 4.39 Å². The van der Waals surface area contributed by atoms with Crippen LogP contribution in [0.2, 0.25) is 20.1 Å². The van der Waals surface area contributed by atoms with Crippen LogP contribution >= 0.6 is 46.4 Å². The second kappa shape index (κ2) is 10.5. The standard InChI is InChI=1S/C27H20Cl4FNO4/c1-27(2)9-8-15-13(6-7-16(24(15)37-27)22-19(30)11-14(32)12-20(22)31)10-21(26(35)36)33-25(34)23-17(28)4-3-5-18(23)29/h3-9,11-12,21H,10H2,1-2H3,(H,33,34)(H,35,36)/t21-/m0/s1. The Balaban J connectivity index is 1.76. The molecule has 0 spiro atoms. The number of carboxylic acids is 1. The van der Waals surface area contributed by atoms with Crippen molar-refractivity contribution in [3.05, 3.63) is 91.1 Å². The zero-order chi connectivity index (χ0) is 27.1. The van der Waals surface area contributed by atoms with Gasteiger partial charge in [-0.2, -0.15) is 0 Å². The predicted octanol–water partition coefficient (Wildman–Crippen LogP) is 7.72. The highest BCUT2D eigenvalue weighted by Crippen LogP contribution is 2.46. The number of fused-ring (bicyclic) bond motifs is 1. The fraction of sp³-hybridized carbons (Fsp3) is 0.185. The van der Waals surface area contributed by atoms with Crippen LogP contribution in [0.25, 0.3) is 17.2 Å². The molecule has 5 nitrogen and oxygen atoms in total. The lowest BCUT2D eigenvalue weighted by molar-refractivity contribution is -0.139. The van der Waals surface area contributed by atoms with Crippen molar-refractivity contribution >= 4 is 64.4 Å². The van der Waals surface area contributed by atoms with Gasteiger partial charge in [0, 0.05) is 23.1 Å². The van der Waals surface area contributed by atoms with E-state index in [1.807, 2.05) is 26.0 Å². The van der Waals surface area contributed by atoms with Crippen molar-refractivity contribution in [2.24, 2.45) is 0 Å². The monoisotopic (exact) mass is 581 g/mol. The van der Waals surface area contributed by atoms with Gasteiger partial charge in [0.2, 0.25) is 0 Å². The van der Waals surface area contributed by atoms with Gasteiger partial charge in [0.15, 0.2) is 0 Å². The van der Waals surface area contributed by atoms with Crippen molar-refractivity contribution in [1.82, 2.24) is 5.32 Å². The van der Waals surface area contributed by atoms with E-state index < -0.39 is 29.3 Å². The molecule has 4 rings (SSSR count). The number of rotatable bonds is 6. The number of hydrogen-bond acceptors (Lipinski definition) is 3. The zero-order valence-electron chi connectivity index (χ0n) is 19.5. The number of benzene rings is 3. The summed E-state index contributed by atoms with van der Waals surface area (Å²) in [7, 11) is 0. The summed E-state index contributed by atoms with van der Waals surface area (Å²) < 4.78 is 20.1. The molecule has 0 aromatic heterocycles. The molecule has 3 aromatic carbocycles. The minimum atomic E-state index is -1.31. The van der Waals surface area contributed by atoms with E-state index in [-0.39, 0.29) is 32.1 Å². The summed E-state index contributed by atoms with van der Waals surface area (Å²) in [6, 6.07) is 8.94. The van der Waals surface area contributed by atoms with E-state index in [0.29, 0.717) is 28.0 Å². The van der Waals surface area contributed by atoms with Crippen LogP contribution in [0.1, 0.15) is 35.3 Å². The van der Waals surface area contributed by atoms with Gasteiger partial charge >= 0.3 is 5.97 Å². The van der Waals surface area contributed by atoms with Crippen LogP contribution in [0.3, 0.4) is 0 Å². The van der Waals surface area contributed by atoms with Crippen molar-refractivity contribution < 1.29 is 23.8 Å². The van der Waals surface area contributed by atoms with Gasteiger partial charge in [0.25, 0.3) is 5.91 Å². The maximum Gasteiger partial charge on any atom is 0.326 e. The summed E-state index contributed by atoms with van der Waals surface area (Å²) >= 11 is 24.9. The SMILES string of the molecule is CC1(C)C=Cc2c(C[C@H](NC(=O)c3c(Cl)cccc3Cl)C(=O)O)ccc(-c3c(Cl)cc(F)cc3Cl)c2O1. The number of ether oxygens (including phenoxy) is 1. The number of aliphatic carboxylic acids is 1. The van der Waals surface area contributed by atoms with Crippen molar-refractivity contribution in [2.75, 3.05) is 0 Å². The van der Waals surface area contributed by atoms with Crippen LogP contribution in [0, 0.1) is 5.82 Å². The number of carbonyl (C=O) groups excluding carboxylic acids is 1. The lowest BCUT2D eigenvalue weighted by Gasteiger charge is -2.31. The van der Waals surface area contributed by atoms with Crippen LogP contribution in [-0.4, -0.2) is 28.6 Å². The number of carboxylic acid groups (broad SMARTS) is 1. The second-order valence-electron chi connectivity index (χ2n) is 8.96. The number of hydrogen-bond donors (Lipinski definition) is 2. The van der Waals surface area contributed by atoms with Gasteiger partial charge in [0.05, 0.1) is 25.7 Å². The first-order valence-electron chi connectivity index (χ1n) is 11.0. The Morgan fingerprint density at radius 2 is 1.65 bits per heavy atom. The van der Waals surface area contributed by atoms with Gasteiger partial charge < -0.3 is 15.2 Å². The maximum absolute atomic E-state index is 13.8. The highest BCUT2D eigenvalue weighted by atomic mass is 35.5. The van der Waals surface area contributed by atoms with Crippen molar-refractivity contribution in [2.45, 2.75) is 31.9 Å². The van der Waals surface area contributed by atoms with E-state index >= 15 is 0 Å². The Bertz CT molecular complexity index is 1410.